The van der Waals surface area contributed by atoms with Crippen LogP contribution in [-0.4, -0.2) is 43.1 Å². The summed E-state index contributed by atoms with van der Waals surface area (Å²) in [5.74, 6) is 0. The van der Waals surface area contributed by atoms with Gasteiger partial charge in [-0.1, -0.05) is 0 Å². The molecule has 0 spiro atoms. The third-order valence-electron chi connectivity index (χ3n) is 4.22. The van der Waals surface area contributed by atoms with E-state index in [1.54, 1.807) is 6.20 Å². The largest absolute Gasteiger partial charge is 0.334 e. The summed E-state index contributed by atoms with van der Waals surface area (Å²) in [6, 6.07) is 2.45. The number of amides is 2. The van der Waals surface area contributed by atoms with Crippen LogP contribution in [0.5, 0.6) is 0 Å². The minimum atomic E-state index is -0.00282. The van der Waals surface area contributed by atoms with E-state index in [4.69, 9.17) is 0 Å². The van der Waals surface area contributed by atoms with Crippen LogP contribution in [-0.2, 0) is 13.1 Å². The number of aromatic nitrogens is 4. The van der Waals surface area contributed by atoms with Gasteiger partial charge in [0.05, 0.1) is 18.8 Å². The monoisotopic (exact) mass is 316 g/mol. The Hall–Kier alpha value is -2.31. The molecule has 0 bridgehead atoms. The summed E-state index contributed by atoms with van der Waals surface area (Å²) in [5, 5.41) is 11.5. The second-order valence-electron chi connectivity index (χ2n) is 6.30. The van der Waals surface area contributed by atoms with Crippen molar-refractivity contribution < 1.29 is 4.79 Å². The Morgan fingerprint density at radius 1 is 1.43 bits per heavy atom. The maximum absolute atomic E-state index is 12.5. The van der Waals surface area contributed by atoms with Crippen molar-refractivity contribution in [3.63, 3.8) is 0 Å². The van der Waals surface area contributed by atoms with Gasteiger partial charge in [-0.25, -0.2) is 4.79 Å². The van der Waals surface area contributed by atoms with Crippen molar-refractivity contribution in [1.29, 1.82) is 0 Å². The lowest BCUT2D eigenvalue weighted by molar-refractivity contribution is 0.185. The molecule has 1 atom stereocenters. The number of nitrogens with one attached hydrogen (secondary N) is 1. The Morgan fingerprint density at radius 2 is 2.30 bits per heavy atom. The van der Waals surface area contributed by atoms with E-state index in [9.17, 15) is 4.79 Å². The van der Waals surface area contributed by atoms with E-state index in [-0.39, 0.29) is 12.1 Å². The fraction of sp³-hybridized carbons (Fsp3) is 0.562. The van der Waals surface area contributed by atoms with Gasteiger partial charge in [0.1, 0.15) is 0 Å². The van der Waals surface area contributed by atoms with Gasteiger partial charge in [0.15, 0.2) is 0 Å². The molecule has 1 aliphatic rings. The van der Waals surface area contributed by atoms with Gasteiger partial charge in [0, 0.05) is 43.3 Å². The maximum atomic E-state index is 12.5. The Balaban J connectivity index is 1.54. The zero-order valence-electron chi connectivity index (χ0n) is 13.7. The van der Waals surface area contributed by atoms with Crippen LogP contribution in [0.3, 0.4) is 0 Å². The first kappa shape index (κ1) is 15.6. The third-order valence-corrected chi connectivity index (χ3v) is 4.22. The Morgan fingerprint density at radius 3 is 3.00 bits per heavy atom. The summed E-state index contributed by atoms with van der Waals surface area (Å²) in [6.07, 6.45) is 9.57. The Bertz CT molecular complexity index is 633. The van der Waals surface area contributed by atoms with Crippen LogP contribution in [0, 0.1) is 0 Å². The lowest BCUT2D eigenvalue weighted by atomic mass is 10.2. The molecule has 2 aromatic rings. The maximum Gasteiger partial charge on any atom is 0.317 e. The molecule has 0 saturated carbocycles. The number of nitrogens with zero attached hydrogens (tertiary/aromatic N) is 5. The molecule has 7 nitrogen and oxygen atoms in total. The minimum Gasteiger partial charge on any atom is -0.334 e. The first-order valence-electron chi connectivity index (χ1n) is 8.18. The van der Waals surface area contributed by atoms with Gasteiger partial charge in [-0.15, -0.1) is 0 Å². The molecule has 1 N–H and O–H groups in total. The van der Waals surface area contributed by atoms with Gasteiger partial charge in [-0.3, -0.25) is 9.36 Å². The number of likely N-dealkylation sites (tertiary alicyclic amines) is 1. The number of carbonyl (C=O) groups excluding carboxylic acids is 1. The van der Waals surface area contributed by atoms with E-state index >= 15 is 0 Å². The molecule has 3 rings (SSSR count). The highest BCUT2D eigenvalue weighted by Crippen LogP contribution is 2.18. The number of hydrogen-bond donors (Lipinski definition) is 1. The molecule has 1 aliphatic heterocycles. The van der Waals surface area contributed by atoms with Crippen molar-refractivity contribution in [2.24, 2.45) is 0 Å². The predicted octanol–water partition coefficient (Wildman–Crippen LogP) is 2.03. The Labute approximate surface area is 136 Å². The van der Waals surface area contributed by atoms with Gasteiger partial charge in [-0.2, -0.15) is 10.2 Å². The highest BCUT2D eigenvalue weighted by molar-refractivity contribution is 5.74. The van der Waals surface area contributed by atoms with Crippen molar-refractivity contribution >= 4 is 6.03 Å². The molecule has 124 valence electrons. The average molecular weight is 316 g/mol. The van der Waals surface area contributed by atoms with Crippen LogP contribution < -0.4 is 5.32 Å². The van der Waals surface area contributed by atoms with E-state index in [0.717, 1.165) is 31.5 Å². The van der Waals surface area contributed by atoms with Crippen molar-refractivity contribution in [1.82, 2.24) is 29.8 Å². The van der Waals surface area contributed by atoms with Crippen LogP contribution in [0.2, 0.25) is 0 Å². The van der Waals surface area contributed by atoms with Crippen molar-refractivity contribution in [2.75, 3.05) is 6.54 Å². The summed E-state index contributed by atoms with van der Waals surface area (Å²) in [6.45, 7) is 6.24. The highest BCUT2D eigenvalue weighted by Gasteiger charge is 2.28. The fourth-order valence-electron chi connectivity index (χ4n) is 2.95. The SMILES string of the molecule is CC(C)n1cc(CNC(=O)N2CCC[C@H]2Cn2cccn2)cn1. The molecule has 0 aliphatic carbocycles. The molecule has 1 saturated heterocycles. The van der Waals surface area contributed by atoms with Crippen molar-refractivity contribution in [3.8, 4) is 0 Å². The summed E-state index contributed by atoms with van der Waals surface area (Å²) in [7, 11) is 0. The number of rotatable bonds is 5. The number of hydrogen-bond acceptors (Lipinski definition) is 3. The van der Waals surface area contributed by atoms with Crippen LogP contribution in [0.25, 0.3) is 0 Å². The normalized spacial score (nSPS) is 17.9. The molecule has 7 heteroatoms. The van der Waals surface area contributed by atoms with Gasteiger partial charge >= 0.3 is 6.03 Å². The van der Waals surface area contributed by atoms with Crippen LogP contribution >= 0.6 is 0 Å². The fourth-order valence-corrected chi connectivity index (χ4v) is 2.95. The molecule has 23 heavy (non-hydrogen) atoms. The molecule has 0 radical (unpaired) electrons. The van der Waals surface area contributed by atoms with E-state index in [2.05, 4.69) is 29.4 Å². The lowest BCUT2D eigenvalue weighted by Gasteiger charge is -2.24. The molecular formula is C16H24N6O. The highest BCUT2D eigenvalue weighted by atomic mass is 16.2. The van der Waals surface area contributed by atoms with Crippen molar-refractivity contribution in [3.05, 3.63) is 36.4 Å². The van der Waals surface area contributed by atoms with Crippen molar-refractivity contribution in [2.45, 2.75) is 51.9 Å². The van der Waals surface area contributed by atoms with Crippen LogP contribution in [0.15, 0.2) is 30.9 Å². The second-order valence-corrected chi connectivity index (χ2v) is 6.30. The van der Waals surface area contributed by atoms with E-state index in [0.29, 0.717) is 12.6 Å². The second kappa shape index (κ2) is 6.85. The molecular weight excluding hydrogens is 292 g/mol. The molecule has 3 heterocycles. The zero-order chi connectivity index (χ0) is 16.2. The quantitative estimate of drug-likeness (QED) is 0.918. The molecule has 1 fully saturated rings. The van der Waals surface area contributed by atoms with E-state index < -0.39 is 0 Å². The molecule has 2 aromatic heterocycles. The molecule has 0 aromatic carbocycles. The Kier molecular flexibility index (Phi) is 4.64. The van der Waals surface area contributed by atoms with Gasteiger partial charge in [0.2, 0.25) is 0 Å². The standard InChI is InChI=1S/C16H24N6O/c1-13(2)22-11-14(10-19-22)9-17-16(23)21-8-3-5-15(21)12-20-7-4-6-18-20/h4,6-7,10-11,13,15H,3,5,8-9,12H2,1-2H3,(H,17,23)/t15-/m0/s1. The predicted molar refractivity (Wildman–Crippen MR) is 86.8 cm³/mol. The number of carbonyl (C=O) groups is 1. The van der Waals surface area contributed by atoms with Gasteiger partial charge in [-0.05, 0) is 32.8 Å². The first-order valence-corrected chi connectivity index (χ1v) is 8.18. The van der Waals surface area contributed by atoms with Gasteiger partial charge < -0.3 is 10.2 Å². The molecule has 0 unspecified atom stereocenters. The van der Waals surface area contributed by atoms with Crippen LogP contribution in [0.4, 0.5) is 4.79 Å². The topological polar surface area (TPSA) is 68.0 Å². The summed E-state index contributed by atoms with van der Waals surface area (Å²) in [4.78, 5) is 14.4. The lowest BCUT2D eigenvalue weighted by Crippen LogP contribution is -2.44. The zero-order valence-corrected chi connectivity index (χ0v) is 13.7. The number of urea groups is 1. The van der Waals surface area contributed by atoms with Crippen LogP contribution in [0.1, 0.15) is 38.3 Å². The third kappa shape index (κ3) is 3.72. The molecule has 2 amide bonds. The summed E-state index contributed by atoms with van der Waals surface area (Å²) < 4.78 is 3.79. The van der Waals surface area contributed by atoms with E-state index in [1.165, 1.54) is 0 Å². The minimum absolute atomic E-state index is 0.00282. The average Bonchev–Trinajstić information content (AvgIpc) is 3.27. The summed E-state index contributed by atoms with van der Waals surface area (Å²) in [5.41, 5.74) is 1.02. The van der Waals surface area contributed by atoms with Gasteiger partial charge in [0.25, 0.3) is 0 Å². The first-order chi connectivity index (χ1) is 11.1. The smallest absolute Gasteiger partial charge is 0.317 e. The summed E-state index contributed by atoms with van der Waals surface area (Å²) >= 11 is 0. The van der Waals surface area contributed by atoms with E-state index in [1.807, 2.05) is 38.9 Å².